The monoisotopic (exact) mass is 384 g/mol. The molecule has 2 aliphatic heterocycles. The first-order chi connectivity index (χ1) is 12.0. The van der Waals surface area contributed by atoms with Gasteiger partial charge in [-0.2, -0.15) is 0 Å². The number of benzene rings is 1. The third-order valence-electron chi connectivity index (χ3n) is 4.65. The zero-order valence-corrected chi connectivity index (χ0v) is 15.2. The number of nitrogens with zero attached hydrogens (tertiary/aromatic N) is 3. The molecule has 1 fully saturated rings. The maximum absolute atomic E-state index is 12.6. The third-order valence-corrected chi connectivity index (χ3v) is 4.65. The van der Waals surface area contributed by atoms with Gasteiger partial charge < -0.3 is 15.0 Å². The van der Waals surface area contributed by atoms with Crippen molar-refractivity contribution in [2.75, 3.05) is 38.2 Å². The fourth-order valence-electron chi connectivity index (χ4n) is 3.13. The van der Waals surface area contributed by atoms with Crippen LogP contribution in [0.4, 0.5) is 11.4 Å². The lowest BCUT2D eigenvalue weighted by Gasteiger charge is -2.34. The van der Waals surface area contributed by atoms with Crippen LogP contribution in [0.25, 0.3) is 0 Å². The number of anilines is 1. The standard InChI is InChI=1S/C16H20N4O5.ClH/c1-17-11-4-6-18(7-5-11)15(21)9-19-13-8-12(20(23)24)2-3-14(13)25-10-16(19)22;/h2-3,8,11,17H,4-7,9-10H2,1H3;1H. The van der Waals surface area contributed by atoms with Crippen LogP contribution in [0.3, 0.4) is 0 Å². The van der Waals surface area contributed by atoms with Crippen LogP contribution in [-0.2, 0) is 9.59 Å². The fourth-order valence-corrected chi connectivity index (χ4v) is 3.13. The number of hydrogen-bond donors (Lipinski definition) is 1. The van der Waals surface area contributed by atoms with E-state index in [4.69, 9.17) is 4.74 Å². The molecule has 2 heterocycles. The number of fused-ring (bicyclic) bond motifs is 1. The molecule has 1 aromatic rings. The second-order valence-corrected chi connectivity index (χ2v) is 6.12. The van der Waals surface area contributed by atoms with Crippen molar-refractivity contribution in [2.24, 2.45) is 0 Å². The van der Waals surface area contributed by atoms with Crippen molar-refractivity contribution in [1.29, 1.82) is 0 Å². The topological polar surface area (TPSA) is 105 Å². The first-order valence-corrected chi connectivity index (χ1v) is 8.16. The molecule has 9 nitrogen and oxygen atoms in total. The second kappa shape index (κ2) is 8.33. The van der Waals surface area contributed by atoms with Gasteiger partial charge >= 0.3 is 0 Å². The molecule has 0 bridgehead atoms. The Labute approximate surface area is 156 Å². The van der Waals surface area contributed by atoms with Crippen LogP contribution in [0.1, 0.15) is 12.8 Å². The Morgan fingerprint density at radius 1 is 1.38 bits per heavy atom. The minimum Gasteiger partial charge on any atom is -0.482 e. The van der Waals surface area contributed by atoms with Gasteiger partial charge in [-0.3, -0.25) is 24.6 Å². The zero-order chi connectivity index (χ0) is 18.0. The van der Waals surface area contributed by atoms with E-state index in [1.54, 1.807) is 4.90 Å². The molecule has 1 saturated heterocycles. The molecule has 0 saturated carbocycles. The van der Waals surface area contributed by atoms with Gasteiger partial charge in [-0.05, 0) is 26.0 Å². The maximum atomic E-state index is 12.6. The molecule has 0 radical (unpaired) electrons. The van der Waals surface area contributed by atoms with Crippen molar-refractivity contribution in [1.82, 2.24) is 10.2 Å². The lowest BCUT2D eigenvalue weighted by Crippen LogP contribution is -2.50. The van der Waals surface area contributed by atoms with Crippen molar-refractivity contribution in [3.05, 3.63) is 28.3 Å². The lowest BCUT2D eigenvalue weighted by molar-refractivity contribution is -0.384. The number of amides is 2. The molecule has 0 spiro atoms. The van der Waals surface area contributed by atoms with Crippen LogP contribution in [-0.4, -0.2) is 61.0 Å². The molecular formula is C16H21ClN4O5. The van der Waals surface area contributed by atoms with Crippen molar-refractivity contribution < 1.29 is 19.2 Å². The average Bonchev–Trinajstić information content (AvgIpc) is 2.63. The lowest BCUT2D eigenvalue weighted by atomic mass is 10.1. The summed E-state index contributed by atoms with van der Waals surface area (Å²) in [6.07, 6.45) is 1.72. The summed E-state index contributed by atoms with van der Waals surface area (Å²) >= 11 is 0. The number of nitro benzene ring substituents is 1. The van der Waals surface area contributed by atoms with E-state index in [9.17, 15) is 19.7 Å². The van der Waals surface area contributed by atoms with Crippen molar-refractivity contribution in [2.45, 2.75) is 18.9 Å². The molecule has 10 heteroatoms. The van der Waals surface area contributed by atoms with Crippen LogP contribution in [0, 0.1) is 10.1 Å². The smallest absolute Gasteiger partial charge is 0.271 e. The summed E-state index contributed by atoms with van der Waals surface area (Å²) in [5.74, 6) is -0.180. The summed E-state index contributed by atoms with van der Waals surface area (Å²) in [4.78, 5) is 38.2. The van der Waals surface area contributed by atoms with Crippen molar-refractivity contribution in [3.8, 4) is 5.75 Å². The van der Waals surface area contributed by atoms with Gasteiger partial charge in [0, 0.05) is 31.3 Å². The third kappa shape index (κ3) is 4.05. The molecule has 1 aromatic carbocycles. The fraction of sp³-hybridized carbons (Fsp3) is 0.500. The number of non-ortho nitro benzene ring substituents is 1. The number of carbonyl (C=O) groups excluding carboxylic acids is 2. The summed E-state index contributed by atoms with van der Waals surface area (Å²) in [6, 6.07) is 4.44. The maximum Gasteiger partial charge on any atom is 0.271 e. The largest absolute Gasteiger partial charge is 0.482 e. The van der Waals surface area contributed by atoms with Gasteiger partial charge in [0.1, 0.15) is 12.3 Å². The molecule has 3 rings (SSSR count). The highest BCUT2D eigenvalue weighted by molar-refractivity contribution is 6.02. The van der Waals surface area contributed by atoms with Gasteiger partial charge in [0.2, 0.25) is 5.91 Å². The Bertz CT molecular complexity index is 706. The van der Waals surface area contributed by atoms with E-state index in [0.717, 1.165) is 12.8 Å². The molecule has 0 atom stereocenters. The number of nitro groups is 1. The van der Waals surface area contributed by atoms with Gasteiger partial charge in [-0.15, -0.1) is 12.4 Å². The number of hydrogen-bond acceptors (Lipinski definition) is 6. The number of rotatable bonds is 4. The molecule has 0 aliphatic carbocycles. The first kappa shape index (κ1) is 19.9. The summed E-state index contributed by atoms with van der Waals surface area (Å²) in [6.45, 7) is 0.940. The minimum absolute atomic E-state index is 0. The Morgan fingerprint density at radius 3 is 2.69 bits per heavy atom. The summed E-state index contributed by atoms with van der Waals surface area (Å²) in [5.41, 5.74) is 0.119. The highest BCUT2D eigenvalue weighted by Crippen LogP contribution is 2.35. The quantitative estimate of drug-likeness (QED) is 0.612. The van der Waals surface area contributed by atoms with E-state index in [0.29, 0.717) is 24.9 Å². The molecule has 0 unspecified atom stereocenters. The second-order valence-electron chi connectivity index (χ2n) is 6.12. The van der Waals surface area contributed by atoms with Gasteiger partial charge in [0.15, 0.2) is 6.61 Å². The van der Waals surface area contributed by atoms with Gasteiger partial charge in [0.25, 0.3) is 11.6 Å². The highest BCUT2D eigenvalue weighted by Gasteiger charge is 2.31. The van der Waals surface area contributed by atoms with Crippen molar-refractivity contribution >= 4 is 35.6 Å². The Morgan fingerprint density at radius 2 is 2.08 bits per heavy atom. The summed E-state index contributed by atoms with van der Waals surface area (Å²) in [7, 11) is 1.90. The number of likely N-dealkylation sites (tertiary alicyclic amines) is 1. The summed E-state index contributed by atoms with van der Waals surface area (Å²) in [5, 5.41) is 14.2. The van der Waals surface area contributed by atoms with E-state index >= 15 is 0 Å². The van der Waals surface area contributed by atoms with Gasteiger partial charge in [-0.25, -0.2) is 0 Å². The van der Waals surface area contributed by atoms with E-state index < -0.39 is 4.92 Å². The highest BCUT2D eigenvalue weighted by atomic mass is 35.5. The number of carbonyl (C=O) groups is 2. The molecule has 2 aliphatic rings. The van der Waals surface area contributed by atoms with E-state index in [-0.39, 0.29) is 48.7 Å². The Hall–Kier alpha value is -2.39. The normalized spacial score (nSPS) is 17.2. The van der Waals surface area contributed by atoms with E-state index in [1.807, 2.05) is 7.05 Å². The van der Waals surface area contributed by atoms with E-state index in [1.165, 1.54) is 23.1 Å². The predicted octanol–water partition coefficient (Wildman–Crippen LogP) is 0.952. The summed E-state index contributed by atoms with van der Waals surface area (Å²) < 4.78 is 5.31. The van der Waals surface area contributed by atoms with Gasteiger partial charge in [0.05, 0.1) is 10.6 Å². The minimum atomic E-state index is -0.540. The van der Waals surface area contributed by atoms with Crippen LogP contribution in [0.2, 0.25) is 0 Å². The molecule has 26 heavy (non-hydrogen) atoms. The average molecular weight is 385 g/mol. The van der Waals surface area contributed by atoms with Crippen LogP contribution >= 0.6 is 12.4 Å². The number of piperidine rings is 1. The zero-order valence-electron chi connectivity index (χ0n) is 14.3. The Balaban J connectivity index is 0.00000243. The molecular weight excluding hydrogens is 364 g/mol. The number of halogens is 1. The van der Waals surface area contributed by atoms with Crippen molar-refractivity contribution in [3.63, 3.8) is 0 Å². The SMILES string of the molecule is CNC1CCN(C(=O)CN2C(=O)COc3ccc([N+](=O)[O-])cc32)CC1.Cl. The number of nitrogens with one attached hydrogen (secondary N) is 1. The number of ether oxygens (including phenoxy) is 1. The van der Waals surface area contributed by atoms with Crippen LogP contribution in [0.5, 0.6) is 5.75 Å². The van der Waals surface area contributed by atoms with Gasteiger partial charge in [-0.1, -0.05) is 0 Å². The molecule has 142 valence electrons. The molecule has 2 amide bonds. The molecule has 0 aromatic heterocycles. The first-order valence-electron chi connectivity index (χ1n) is 8.16. The van der Waals surface area contributed by atoms with Crippen LogP contribution < -0.4 is 15.0 Å². The Kier molecular flexibility index (Phi) is 6.38. The van der Waals surface area contributed by atoms with E-state index in [2.05, 4.69) is 5.32 Å². The molecule has 1 N–H and O–H groups in total. The van der Waals surface area contributed by atoms with Crippen LogP contribution in [0.15, 0.2) is 18.2 Å². The predicted molar refractivity (Wildman–Crippen MR) is 96.9 cm³/mol.